The third-order valence-electron chi connectivity index (χ3n) is 4.06. The molecule has 0 saturated carbocycles. The van der Waals surface area contributed by atoms with Crippen LogP contribution in [0.3, 0.4) is 0 Å². The maximum Gasteiger partial charge on any atom is 0.0410 e. The monoisotopic (exact) mass is 358 g/mol. The van der Waals surface area contributed by atoms with Crippen LogP contribution in [0.5, 0.6) is 0 Å². The van der Waals surface area contributed by atoms with Crippen LogP contribution in [0.2, 0.25) is 5.02 Å². The summed E-state index contributed by atoms with van der Waals surface area (Å²) in [4.78, 5) is 2.63. The SMILES string of the molecule is CC1CCCCN1CCCNCc1cc(Cl)ccc1Br. The molecule has 20 heavy (non-hydrogen) atoms. The van der Waals surface area contributed by atoms with Gasteiger partial charge in [0, 0.05) is 22.1 Å². The summed E-state index contributed by atoms with van der Waals surface area (Å²) < 4.78 is 1.12. The molecule has 1 unspecified atom stereocenters. The molecule has 1 aliphatic rings. The van der Waals surface area contributed by atoms with Gasteiger partial charge in [0.1, 0.15) is 0 Å². The van der Waals surface area contributed by atoms with Crippen molar-refractivity contribution in [2.75, 3.05) is 19.6 Å². The second-order valence-electron chi connectivity index (χ2n) is 5.65. The summed E-state index contributed by atoms with van der Waals surface area (Å²) in [5.74, 6) is 0. The Bertz CT molecular complexity index is 425. The number of hydrogen-bond donors (Lipinski definition) is 1. The zero-order valence-electron chi connectivity index (χ0n) is 12.2. The van der Waals surface area contributed by atoms with Crippen molar-refractivity contribution >= 4 is 27.5 Å². The standard InChI is InChI=1S/C16H24BrClN2/c1-13-5-2-3-9-20(13)10-4-8-19-12-14-11-15(18)6-7-16(14)17/h6-7,11,13,19H,2-5,8-10,12H2,1H3. The number of halogens is 2. The van der Waals surface area contributed by atoms with E-state index in [2.05, 4.69) is 33.1 Å². The molecule has 112 valence electrons. The van der Waals surface area contributed by atoms with Crippen molar-refractivity contribution in [3.63, 3.8) is 0 Å². The Labute approximate surface area is 136 Å². The summed E-state index contributed by atoms with van der Waals surface area (Å²) in [5, 5.41) is 4.31. The Kier molecular flexibility index (Phi) is 6.82. The third kappa shape index (κ3) is 5.03. The Morgan fingerprint density at radius 2 is 2.25 bits per heavy atom. The molecule has 2 nitrogen and oxygen atoms in total. The molecule has 1 aliphatic heterocycles. The molecule has 2 rings (SSSR count). The summed E-state index contributed by atoms with van der Waals surface area (Å²) in [5.41, 5.74) is 1.23. The molecule has 1 N–H and O–H groups in total. The first kappa shape index (κ1) is 16.3. The highest BCUT2D eigenvalue weighted by Crippen LogP contribution is 2.21. The third-order valence-corrected chi connectivity index (χ3v) is 5.07. The van der Waals surface area contributed by atoms with Crippen molar-refractivity contribution in [2.45, 2.75) is 45.2 Å². The van der Waals surface area contributed by atoms with Gasteiger partial charge in [-0.2, -0.15) is 0 Å². The van der Waals surface area contributed by atoms with Gasteiger partial charge in [0.05, 0.1) is 0 Å². The van der Waals surface area contributed by atoms with E-state index in [0.29, 0.717) is 0 Å². The zero-order chi connectivity index (χ0) is 14.4. The van der Waals surface area contributed by atoms with E-state index in [1.54, 1.807) is 0 Å². The van der Waals surface area contributed by atoms with E-state index in [1.807, 2.05) is 18.2 Å². The van der Waals surface area contributed by atoms with Crippen LogP contribution < -0.4 is 5.32 Å². The van der Waals surface area contributed by atoms with Gasteiger partial charge in [0.2, 0.25) is 0 Å². The van der Waals surface area contributed by atoms with Crippen LogP contribution in [0.4, 0.5) is 0 Å². The maximum atomic E-state index is 6.02. The van der Waals surface area contributed by atoms with E-state index >= 15 is 0 Å². The minimum absolute atomic E-state index is 0.769. The normalized spacial score (nSPS) is 20.2. The van der Waals surface area contributed by atoms with Gasteiger partial charge in [-0.3, -0.25) is 0 Å². The molecule has 1 saturated heterocycles. The number of rotatable bonds is 6. The van der Waals surface area contributed by atoms with Crippen LogP contribution >= 0.6 is 27.5 Å². The van der Waals surface area contributed by atoms with Gasteiger partial charge in [-0.05, 0) is 69.6 Å². The van der Waals surface area contributed by atoms with Crippen molar-refractivity contribution in [1.82, 2.24) is 10.2 Å². The van der Waals surface area contributed by atoms with Crippen LogP contribution in [0.1, 0.15) is 38.2 Å². The van der Waals surface area contributed by atoms with E-state index < -0.39 is 0 Å². The van der Waals surface area contributed by atoms with Crippen LogP contribution in [0.25, 0.3) is 0 Å². The highest BCUT2D eigenvalue weighted by atomic mass is 79.9. The molecular weight excluding hydrogens is 336 g/mol. The van der Waals surface area contributed by atoms with Gasteiger partial charge in [-0.15, -0.1) is 0 Å². The smallest absolute Gasteiger partial charge is 0.0410 e. The molecule has 4 heteroatoms. The minimum Gasteiger partial charge on any atom is -0.313 e. The maximum absolute atomic E-state index is 6.02. The lowest BCUT2D eigenvalue weighted by atomic mass is 10.0. The molecule has 1 heterocycles. The van der Waals surface area contributed by atoms with Gasteiger partial charge < -0.3 is 10.2 Å². The Morgan fingerprint density at radius 1 is 1.40 bits per heavy atom. The molecule has 0 spiro atoms. The van der Waals surface area contributed by atoms with Crippen LogP contribution in [0.15, 0.2) is 22.7 Å². The molecule has 0 radical (unpaired) electrons. The number of likely N-dealkylation sites (tertiary alicyclic amines) is 1. The topological polar surface area (TPSA) is 15.3 Å². The van der Waals surface area contributed by atoms with Gasteiger partial charge in [-0.25, -0.2) is 0 Å². The molecule has 0 aromatic heterocycles. The first-order valence-corrected chi connectivity index (χ1v) is 8.72. The molecule has 1 aromatic carbocycles. The van der Waals surface area contributed by atoms with E-state index in [1.165, 1.54) is 44.3 Å². The quantitative estimate of drug-likeness (QED) is 0.755. The minimum atomic E-state index is 0.769. The fourth-order valence-electron chi connectivity index (χ4n) is 2.80. The van der Waals surface area contributed by atoms with Gasteiger partial charge in [0.25, 0.3) is 0 Å². The van der Waals surface area contributed by atoms with Crippen molar-refractivity contribution in [1.29, 1.82) is 0 Å². The summed E-state index contributed by atoms with van der Waals surface area (Å²) in [6, 6.07) is 6.71. The lowest BCUT2D eigenvalue weighted by molar-refractivity contribution is 0.159. The predicted molar refractivity (Wildman–Crippen MR) is 90.4 cm³/mol. The number of nitrogens with one attached hydrogen (secondary N) is 1. The number of piperidine rings is 1. The fourth-order valence-corrected chi connectivity index (χ4v) is 3.38. The van der Waals surface area contributed by atoms with Crippen molar-refractivity contribution < 1.29 is 0 Å². The van der Waals surface area contributed by atoms with Crippen LogP contribution in [-0.2, 0) is 6.54 Å². The van der Waals surface area contributed by atoms with Gasteiger partial charge in [0.15, 0.2) is 0 Å². The van der Waals surface area contributed by atoms with Crippen molar-refractivity contribution in [2.24, 2.45) is 0 Å². The Balaban J connectivity index is 1.65. The molecule has 1 atom stereocenters. The summed E-state index contributed by atoms with van der Waals surface area (Å²) in [6.45, 7) is 6.78. The fraction of sp³-hybridized carbons (Fsp3) is 0.625. The molecule has 1 fully saturated rings. The lowest BCUT2D eigenvalue weighted by Crippen LogP contribution is -2.38. The van der Waals surface area contributed by atoms with E-state index in [4.69, 9.17) is 11.6 Å². The number of benzene rings is 1. The highest BCUT2D eigenvalue weighted by molar-refractivity contribution is 9.10. The summed E-state index contributed by atoms with van der Waals surface area (Å²) in [6.07, 6.45) is 5.34. The average molecular weight is 360 g/mol. The molecular formula is C16H24BrClN2. The van der Waals surface area contributed by atoms with Crippen molar-refractivity contribution in [3.05, 3.63) is 33.3 Å². The molecule has 0 amide bonds. The average Bonchev–Trinajstić information content (AvgIpc) is 2.44. The van der Waals surface area contributed by atoms with Crippen molar-refractivity contribution in [3.8, 4) is 0 Å². The largest absolute Gasteiger partial charge is 0.313 e. The van der Waals surface area contributed by atoms with Gasteiger partial charge >= 0.3 is 0 Å². The second kappa shape index (κ2) is 8.38. The molecule has 1 aromatic rings. The van der Waals surface area contributed by atoms with Gasteiger partial charge in [-0.1, -0.05) is 34.0 Å². The highest BCUT2D eigenvalue weighted by Gasteiger charge is 2.16. The van der Waals surface area contributed by atoms with E-state index in [0.717, 1.165) is 28.6 Å². The molecule has 0 aliphatic carbocycles. The Hall–Kier alpha value is -0.0900. The number of nitrogens with zero attached hydrogens (tertiary/aromatic N) is 1. The molecule has 0 bridgehead atoms. The first-order chi connectivity index (χ1) is 9.66. The summed E-state index contributed by atoms with van der Waals surface area (Å²) in [7, 11) is 0. The number of hydrogen-bond acceptors (Lipinski definition) is 2. The predicted octanol–water partition coefficient (Wildman–Crippen LogP) is 4.46. The second-order valence-corrected chi connectivity index (χ2v) is 6.94. The zero-order valence-corrected chi connectivity index (χ0v) is 14.5. The first-order valence-electron chi connectivity index (χ1n) is 7.55. The van der Waals surface area contributed by atoms with Crippen LogP contribution in [0, 0.1) is 0 Å². The summed E-state index contributed by atoms with van der Waals surface area (Å²) >= 11 is 9.58. The van der Waals surface area contributed by atoms with Crippen LogP contribution in [-0.4, -0.2) is 30.6 Å². The van der Waals surface area contributed by atoms with E-state index in [-0.39, 0.29) is 0 Å². The Morgan fingerprint density at radius 3 is 3.05 bits per heavy atom. The van der Waals surface area contributed by atoms with E-state index in [9.17, 15) is 0 Å². The lowest BCUT2D eigenvalue weighted by Gasteiger charge is -2.33.